The molecule has 2 aromatic rings. The van der Waals surface area contributed by atoms with Gasteiger partial charge >= 0.3 is 0 Å². The van der Waals surface area contributed by atoms with Gasteiger partial charge in [-0.15, -0.1) is 0 Å². The predicted octanol–water partition coefficient (Wildman–Crippen LogP) is 4.75. The first-order valence-electron chi connectivity index (χ1n) is 5.53. The van der Waals surface area contributed by atoms with E-state index in [2.05, 4.69) is 5.32 Å². The Balaban J connectivity index is 1.90. The average Bonchev–Trinajstić information content (AvgIpc) is 2.30. The Kier molecular flexibility index (Phi) is 4.34. The van der Waals surface area contributed by atoms with Crippen molar-refractivity contribution in [3.63, 3.8) is 0 Å². The summed E-state index contributed by atoms with van der Waals surface area (Å²) in [4.78, 5) is 0. The van der Waals surface area contributed by atoms with Crippen molar-refractivity contribution in [2.75, 3.05) is 12.0 Å². The fourth-order valence-electron chi connectivity index (χ4n) is 1.49. The molecule has 0 radical (unpaired) electrons. The van der Waals surface area contributed by atoms with E-state index < -0.39 is 0 Å². The van der Waals surface area contributed by atoms with Gasteiger partial charge in [0.15, 0.2) is 6.73 Å². The molecule has 2 aromatic carbocycles. The maximum atomic E-state index is 5.88. The second kappa shape index (κ2) is 5.98. The van der Waals surface area contributed by atoms with Crippen LogP contribution in [0.15, 0.2) is 42.5 Å². The van der Waals surface area contributed by atoms with Gasteiger partial charge in [0.25, 0.3) is 0 Å². The number of ether oxygens (including phenoxy) is 1. The summed E-state index contributed by atoms with van der Waals surface area (Å²) in [5.74, 6) is 0.645. The third-order valence-corrected chi connectivity index (χ3v) is 2.84. The number of aryl methyl sites for hydroxylation is 1. The summed E-state index contributed by atoms with van der Waals surface area (Å²) in [6.45, 7) is 2.41. The SMILES string of the molecule is Cc1ccc(NCOc2cc(Cl)cc(Cl)c2)cc1. The molecule has 2 nitrogen and oxygen atoms in total. The van der Waals surface area contributed by atoms with Crippen LogP contribution in [0.4, 0.5) is 5.69 Å². The summed E-state index contributed by atoms with van der Waals surface area (Å²) in [7, 11) is 0. The summed E-state index contributed by atoms with van der Waals surface area (Å²) in [5, 5.41) is 4.28. The van der Waals surface area contributed by atoms with Crippen molar-refractivity contribution in [3.05, 3.63) is 58.1 Å². The molecule has 1 N–H and O–H groups in total. The van der Waals surface area contributed by atoms with Crippen LogP contribution in [0.25, 0.3) is 0 Å². The third-order valence-electron chi connectivity index (χ3n) is 2.40. The minimum Gasteiger partial charge on any atom is -0.473 e. The highest BCUT2D eigenvalue weighted by Crippen LogP contribution is 2.24. The first-order chi connectivity index (χ1) is 8.63. The smallest absolute Gasteiger partial charge is 0.159 e. The molecule has 0 bridgehead atoms. The van der Waals surface area contributed by atoms with Crippen molar-refractivity contribution in [1.29, 1.82) is 0 Å². The molecule has 0 fully saturated rings. The molecule has 0 amide bonds. The van der Waals surface area contributed by atoms with Gasteiger partial charge in [0, 0.05) is 15.7 Å². The first-order valence-corrected chi connectivity index (χ1v) is 6.28. The minimum absolute atomic E-state index is 0.361. The Hall–Kier alpha value is -1.38. The zero-order valence-corrected chi connectivity index (χ0v) is 11.4. The molecule has 94 valence electrons. The maximum Gasteiger partial charge on any atom is 0.159 e. The highest BCUT2D eigenvalue weighted by molar-refractivity contribution is 6.34. The van der Waals surface area contributed by atoms with Gasteiger partial charge < -0.3 is 10.1 Å². The fraction of sp³-hybridized carbons (Fsp3) is 0.143. The Bertz CT molecular complexity index is 506. The summed E-state index contributed by atoms with van der Waals surface area (Å²) in [6, 6.07) is 13.2. The summed E-state index contributed by atoms with van der Waals surface area (Å²) in [6.07, 6.45) is 0. The van der Waals surface area contributed by atoms with E-state index in [4.69, 9.17) is 27.9 Å². The fourth-order valence-corrected chi connectivity index (χ4v) is 1.99. The molecule has 2 rings (SSSR count). The van der Waals surface area contributed by atoms with E-state index in [-0.39, 0.29) is 0 Å². The van der Waals surface area contributed by atoms with Crippen molar-refractivity contribution in [2.45, 2.75) is 6.92 Å². The van der Waals surface area contributed by atoms with E-state index in [9.17, 15) is 0 Å². The third kappa shape index (κ3) is 3.83. The Morgan fingerprint density at radius 1 is 1.00 bits per heavy atom. The largest absolute Gasteiger partial charge is 0.473 e. The minimum atomic E-state index is 0.361. The molecule has 0 saturated carbocycles. The standard InChI is InChI=1S/C14H13Cl2NO/c1-10-2-4-13(5-3-10)17-9-18-14-7-11(15)6-12(16)8-14/h2-8,17H,9H2,1H3. The molecule has 0 aromatic heterocycles. The number of anilines is 1. The molecule has 0 spiro atoms. The van der Waals surface area contributed by atoms with Crippen LogP contribution in [-0.2, 0) is 0 Å². The highest BCUT2D eigenvalue weighted by Gasteiger charge is 1.99. The van der Waals surface area contributed by atoms with E-state index in [1.54, 1.807) is 18.2 Å². The van der Waals surface area contributed by atoms with Crippen LogP contribution in [0.2, 0.25) is 10.0 Å². The van der Waals surface area contributed by atoms with Crippen molar-refractivity contribution in [2.24, 2.45) is 0 Å². The summed E-state index contributed by atoms with van der Waals surface area (Å²) >= 11 is 11.8. The van der Waals surface area contributed by atoms with Gasteiger partial charge in [-0.05, 0) is 37.3 Å². The Morgan fingerprint density at radius 2 is 1.61 bits per heavy atom. The van der Waals surface area contributed by atoms with Gasteiger partial charge in [-0.2, -0.15) is 0 Å². The van der Waals surface area contributed by atoms with Gasteiger partial charge in [-0.25, -0.2) is 0 Å². The molecular formula is C14H13Cl2NO. The number of hydrogen-bond acceptors (Lipinski definition) is 2. The Labute approximate surface area is 116 Å². The first kappa shape index (κ1) is 13.1. The molecule has 0 unspecified atom stereocenters. The molecule has 4 heteroatoms. The zero-order valence-electron chi connectivity index (χ0n) is 9.91. The number of halogens is 2. The van der Waals surface area contributed by atoms with Crippen LogP contribution in [-0.4, -0.2) is 6.73 Å². The molecule has 0 aliphatic carbocycles. The number of nitrogens with one attached hydrogen (secondary N) is 1. The Morgan fingerprint density at radius 3 is 2.22 bits per heavy atom. The monoisotopic (exact) mass is 281 g/mol. The van der Waals surface area contributed by atoms with Gasteiger partial charge in [-0.1, -0.05) is 40.9 Å². The topological polar surface area (TPSA) is 21.3 Å². The highest BCUT2D eigenvalue weighted by atomic mass is 35.5. The van der Waals surface area contributed by atoms with Crippen LogP contribution in [0.3, 0.4) is 0 Å². The lowest BCUT2D eigenvalue weighted by Crippen LogP contribution is -2.08. The maximum absolute atomic E-state index is 5.88. The van der Waals surface area contributed by atoms with Crippen LogP contribution in [0, 0.1) is 6.92 Å². The van der Waals surface area contributed by atoms with Crippen molar-refractivity contribution < 1.29 is 4.74 Å². The van der Waals surface area contributed by atoms with Crippen LogP contribution >= 0.6 is 23.2 Å². The molecule has 0 aliphatic rings. The molecular weight excluding hydrogens is 269 g/mol. The normalized spacial score (nSPS) is 10.2. The molecule has 18 heavy (non-hydrogen) atoms. The molecule has 0 saturated heterocycles. The van der Waals surface area contributed by atoms with Gasteiger partial charge in [0.2, 0.25) is 0 Å². The van der Waals surface area contributed by atoms with Crippen molar-refractivity contribution in [1.82, 2.24) is 0 Å². The van der Waals surface area contributed by atoms with E-state index >= 15 is 0 Å². The van der Waals surface area contributed by atoms with Gasteiger partial charge in [-0.3, -0.25) is 0 Å². The summed E-state index contributed by atoms with van der Waals surface area (Å²) < 4.78 is 5.52. The van der Waals surface area contributed by atoms with Crippen LogP contribution in [0.1, 0.15) is 5.56 Å². The predicted molar refractivity (Wildman–Crippen MR) is 76.8 cm³/mol. The lowest BCUT2D eigenvalue weighted by Gasteiger charge is -2.09. The van der Waals surface area contributed by atoms with Gasteiger partial charge in [0.05, 0.1) is 0 Å². The second-order valence-electron chi connectivity index (χ2n) is 3.94. The number of rotatable bonds is 4. The molecule has 0 heterocycles. The van der Waals surface area contributed by atoms with E-state index in [1.165, 1.54) is 5.56 Å². The number of hydrogen-bond donors (Lipinski definition) is 1. The van der Waals surface area contributed by atoms with E-state index in [0.29, 0.717) is 22.5 Å². The van der Waals surface area contributed by atoms with Crippen molar-refractivity contribution in [3.8, 4) is 5.75 Å². The van der Waals surface area contributed by atoms with Crippen LogP contribution < -0.4 is 10.1 Å². The lowest BCUT2D eigenvalue weighted by atomic mass is 10.2. The molecule has 0 atom stereocenters. The second-order valence-corrected chi connectivity index (χ2v) is 4.81. The zero-order chi connectivity index (χ0) is 13.0. The van der Waals surface area contributed by atoms with Crippen molar-refractivity contribution >= 4 is 28.9 Å². The molecule has 0 aliphatic heterocycles. The quantitative estimate of drug-likeness (QED) is 0.817. The number of benzene rings is 2. The van der Waals surface area contributed by atoms with E-state index in [0.717, 1.165) is 5.69 Å². The van der Waals surface area contributed by atoms with Crippen LogP contribution in [0.5, 0.6) is 5.75 Å². The summed E-state index contributed by atoms with van der Waals surface area (Å²) in [5.41, 5.74) is 2.23. The van der Waals surface area contributed by atoms with E-state index in [1.807, 2.05) is 31.2 Å². The average molecular weight is 282 g/mol. The van der Waals surface area contributed by atoms with Gasteiger partial charge in [0.1, 0.15) is 5.75 Å². The lowest BCUT2D eigenvalue weighted by molar-refractivity contribution is 0.347.